The van der Waals surface area contributed by atoms with Gasteiger partial charge in [-0.2, -0.15) is 5.10 Å². The zero-order valence-corrected chi connectivity index (χ0v) is 7.80. The zero-order chi connectivity index (χ0) is 8.55. The van der Waals surface area contributed by atoms with Crippen LogP contribution in [0.15, 0.2) is 18.7 Å². The Hall–Kier alpha value is -1.16. The summed E-state index contributed by atoms with van der Waals surface area (Å²) in [6.07, 6.45) is 3.27. The van der Waals surface area contributed by atoms with Gasteiger partial charge in [-0.25, -0.2) is 9.67 Å². The van der Waals surface area contributed by atoms with Gasteiger partial charge in [0.2, 0.25) is 0 Å². The van der Waals surface area contributed by atoms with E-state index in [2.05, 4.69) is 30.0 Å². The summed E-state index contributed by atoms with van der Waals surface area (Å²) in [6.45, 7) is 4.18. The Bertz CT molecular complexity index is 375. The molecular weight excluding hydrogens is 170 g/mol. The van der Waals surface area contributed by atoms with Crippen LogP contribution in [0, 0.1) is 13.8 Å². The third-order valence-electron chi connectivity index (χ3n) is 1.64. The molecule has 3 nitrogen and oxygen atoms in total. The van der Waals surface area contributed by atoms with Gasteiger partial charge < -0.3 is 0 Å². The average Bonchev–Trinajstić information content (AvgIpc) is 2.58. The molecule has 2 aromatic heterocycles. The molecule has 12 heavy (non-hydrogen) atoms. The zero-order valence-electron chi connectivity index (χ0n) is 6.98. The van der Waals surface area contributed by atoms with E-state index in [1.54, 1.807) is 28.7 Å². The van der Waals surface area contributed by atoms with Crippen LogP contribution < -0.4 is 0 Å². The van der Waals surface area contributed by atoms with Crippen LogP contribution in [0.3, 0.4) is 0 Å². The van der Waals surface area contributed by atoms with E-state index in [0.717, 1.165) is 5.00 Å². The van der Waals surface area contributed by atoms with Gasteiger partial charge in [-0.15, -0.1) is 11.3 Å². The summed E-state index contributed by atoms with van der Waals surface area (Å²) in [7, 11) is 0. The van der Waals surface area contributed by atoms with Crippen LogP contribution in [0.4, 0.5) is 0 Å². The molecule has 0 spiro atoms. The Morgan fingerprint density at radius 2 is 2.25 bits per heavy atom. The van der Waals surface area contributed by atoms with Crippen LogP contribution in [0.1, 0.15) is 10.4 Å². The Labute approximate surface area is 74.7 Å². The molecular formula is C8H9N3S. The summed E-state index contributed by atoms with van der Waals surface area (Å²) in [5.41, 5.74) is 1.25. The van der Waals surface area contributed by atoms with E-state index >= 15 is 0 Å². The third kappa shape index (κ3) is 1.14. The molecule has 0 fully saturated rings. The van der Waals surface area contributed by atoms with Crippen molar-refractivity contribution in [2.75, 3.05) is 0 Å². The number of rotatable bonds is 1. The van der Waals surface area contributed by atoms with Crippen molar-refractivity contribution in [3.63, 3.8) is 0 Å². The van der Waals surface area contributed by atoms with E-state index in [-0.39, 0.29) is 0 Å². The lowest BCUT2D eigenvalue weighted by Gasteiger charge is -1.95. The molecule has 2 aromatic rings. The Morgan fingerprint density at radius 3 is 2.75 bits per heavy atom. The second-order valence-electron chi connectivity index (χ2n) is 2.69. The molecule has 0 aliphatic rings. The molecule has 0 N–H and O–H groups in total. The molecule has 0 aliphatic carbocycles. The number of hydrogen-bond acceptors (Lipinski definition) is 3. The van der Waals surface area contributed by atoms with E-state index in [0.29, 0.717) is 0 Å². The van der Waals surface area contributed by atoms with Gasteiger partial charge in [-0.05, 0) is 25.5 Å². The number of aromatic nitrogens is 3. The van der Waals surface area contributed by atoms with Crippen molar-refractivity contribution in [1.29, 1.82) is 0 Å². The maximum atomic E-state index is 4.08. The molecule has 0 atom stereocenters. The van der Waals surface area contributed by atoms with Crippen LogP contribution in [0.25, 0.3) is 5.00 Å². The number of aryl methyl sites for hydroxylation is 2. The van der Waals surface area contributed by atoms with E-state index in [9.17, 15) is 0 Å². The Kier molecular flexibility index (Phi) is 1.69. The molecule has 0 unspecified atom stereocenters. The molecule has 0 amide bonds. The van der Waals surface area contributed by atoms with Gasteiger partial charge in [-0.1, -0.05) is 0 Å². The fourth-order valence-electron chi connectivity index (χ4n) is 1.17. The lowest BCUT2D eigenvalue weighted by Crippen LogP contribution is -1.91. The van der Waals surface area contributed by atoms with Crippen molar-refractivity contribution >= 4 is 11.3 Å². The number of thiophene rings is 1. The molecule has 62 valence electrons. The second-order valence-corrected chi connectivity index (χ2v) is 3.92. The minimum absolute atomic E-state index is 1.16. The predicted octanol–water partition coefficient (Wildman–Crippen LogP) is 1.95. The smallest absolute Gasteiger partial charge is 0.138 e. The van der Waals surface area contributed by atoms with Gasteiger partial charge in [0.25, 0.3) is 0 Å². The van der Waals surface area contributed by atoms with E-state index < -0.39 is 0 Å². The van der Waals surface area contributed by atoms with Crippen molar-refractivity contribution in [1.82, 2.24) is 14.8 Å². The molecule has 2 heterocycles. The number of nitrogens with zero attached hydrogens (tertiary/aromatic N) is 3. The predicted molar refractivity (Wildman–Crippen MR) is 48.7 cm³/mol. The maximum Gasteiger partial charge on any atom is 0.138 e. The van der Waals surface area contributed by atoms with Gasteiger partial charge in [0.1, 0.15) is 17.7 Å². The molecule has 0 radical (unpaired) electrons. The van der Waals surface area contributed by atoms with Crippen molar-refractivity contribution < 1.29 is 0 Å². The minimum Gasteiger partial charge on any atom is -0.223 e. The number of hydrogen-bond donors (Lipinski definition) is 0. The van der Waals surface area contributed by atoms with Crippen LogP contribution in [0.2, 0.25) is 0 Å². The maximum absolute atomic E-state index is 4.08. The quantitative estimate of drug-likeness (QED) is 0.669. The first kappa shape index (κ1) is 7.49. The fraction of sp³-hybridized carbons (Fsp3) is 0.250. The summed E-state index contributed by atoms with van der Waals surface area (Å²) in [5, 5.41) is 5.23. The minimum atomic E-state index is 1.16. The molecule has 0 bridgehead atoms. The van der Waals surface area contributed by atoms with Gasteiger partial charge in [0, 0.05) is 4.88 Å². The van der Waals surface area contributed by atoms with Crippen molar-refractivity contribution in [2.45, 2.75) is 13.8 Å². The lowest BCUT2D eigenvalue weighted by atomic mass is 10.3. The molecule has 0 aromatic carbocycles. The topological polar surface area (TPSA) is 30.7 Å². The molecule has 2 rings (SSSR count). The SMILES string of the molecule is Cc1cc(C)c(-n2cncn2)s1. The Morgan fingerprint density at radius 1 is 1.42 bits per heavy atom. The summed E-state index contributed by atoms with van der Waals surface area (Å²) >= 11 is 1.73. The Balaban J connectivity index is 2.54. The van der Waals surface area contributed by atoms with Crippen molar-refractivity contribution in [3.8, 4) is 5.00 Å². The average molecular weight is 179 g/mol. The first-order valence-corrected chi connectivity index (χ1v) is 4.51. The lowest BCUT2D eigenvalue weighted by molar-refractivity contribution is 0.889. The summed E-state index contributed by atoms with van der Waals surface area (Å²) in [4.78, 5) is 5.21. The van der Waals surface area contributed by atoms with Crippen LogP contribution >= 0.6 is 11.3 Å². The summed E-state index contributed by atoms with van der Waals surface area (Å²) < 4.78 is 1.80. The van der Waals surface area contributed by atoms with E-state index in [1.807, 2.05) is 0 Å². The highest BCUT2D eigenvalue weighted by Crippen LogP contribution is 2.23. The second kappa shape index (κ2) is 2.71. The molecule has 0 aliphatic heterocycles. The monoisotopic (exact) mass is 179 g/mol. The first-order valence-electron chi connectivity index (χ1n) is 3.69. The van der Waals surface area contributed by atoms with Gasteiger partial charge in [0.05, 0.1) is 0 Å². The van der Waals surface area contributed by atoms with Gasteiger partial charge >= 0.3 is 0 Å². The van der Waals surface area contributed by atoms with E-state index in [1.165, 1.54) is 10.4 Å². The summed E-state index contributed by atoms with van der Waals surface area (Å²) in [6, 6.07) is 2.15. The van der Waals surface area contributed by atoms with E-state index in [4.69, 9.17) is 0 Å². The van der Waals surface area contributed by atoms with Gasteiger partial charge in [0.15, 0.2) is 0 Å². The molecule has 4 heteroatoms. The van der Waals surface area contributed by atoms with Crippen molar-refractivity contribution in [3.05, 3.63) is 29.2 Å². The molecule has 0 saturated heterocycles. The highest BCUT2D eigenvalue weighted by molar-refractivity contribution is 7.14. The van der Waals surface area contributed by atoms with Gasteiger partial charge in [-0.3, -0.25) is 0 Å². The summed E-state index contributed by atoms with van der Waals surface area (Å²) in [5.74, 6) is 0. The van der Waals surface area contributed by atoms with Crippen LogP contribution in [-0.2, 0) is 0 Å². The first-order chi connectivity index (χ1) is 5.77. The van der Waals surface area contributed by atoms with Crippen molar-refractivity contribution in [2.24, 2.45) is 0 Å². The highest BCUT2D eigenvalue weighted by Gasteiger charge is 2.04. The molecule has 0 saturated carbocycles. The third-order valence-corrected chi connectivity index (χ3v) is 2.78. The normalized spacial score (nSPS) is 10.5. The largest absolute Gasteiger partial charge is 0.223 e. The highest BCUT2D eigenvalue weighted by atomic mass is 32.1. The van der Waals surface area contributed by atoms with Crippen LogP contribution in [-0.4, -0.2) is 14.8 Å². The fourth-order valence-corrected chi connectivity index (χ4v) is 2.12. The van der Waals surface area contributed by atoms with Crippen LogP contribution in [0.5, 0.6) is 0 Å². The standard InChI is InChI=1S/C8H9N3S/c1-6-3-7(2)12-8(6)11-5-9-4-10-11/h3-5H,1-2H3.